The number of fused-ring (bicyclic) bond motifs is 1. The average molecular weight is 392 g/mol. The Bertz CT molecular complexity index is 931. The second-order valence-corrected chi connectivity index (χ2v) is 9.65. The molecule has 0 atom stereocenters. The van der Waals surface area contributed by atoms with Crippen molar-refractivity contribution in [3.63, 3.8) is 0 Å². The first-order valence-electron chi connectivity index (χ1n) is 8.80. The van der Waals surface area contributed by atoms with Crippen LogP contribution in [0.2, 0.25) is 0 Å². The minimum Gasteiger partial charge on any atom is -0.212 e. The Balaban J connectivity index is 1.30. The molecule has 3 aromatic rings. The van der Waals surface area contributed by atoms with Gasteiger partial charge < -0.3 is 0 Å². The van der Waals surface area contributed by atoms with Gasteiger partial charge in [0.15, 0.2) is 0 Å². The van der Waals surface area contributed by atoms with Gasteiger partial charge in [-0.1, -0.05) is 41.7 Å². The molecule has 4 rings (SSSR count). The summed E-state index contributed by atoms with van der Waals surface area (Å²) >= 11 is 1.54. The van der Waals surface area contributed by atoms with Crippen LogP contribution in [0.5, 0.6) is 0 Å². The molecular weight excluding hydrogens is 370 g/mol. The van der Waals surface area contributed by atoms with Crippen molar-refractivity contribution < 1.29 is 8.42 Å². The summed E-state index contributed by atoms with van der Waals surface area (Å²) in [6.07, 6.45) is 4.66. The van der Waals surface area contributed by atoms with Crippen LogP contribution in [0.3, 0.4) is 0 Å². The maximum atomic E-state index is 12.6. The summed E-state index contributed by atoms with van der Waals surface area (Å²) < 4.78 is 28.6. The number of rotatable bonds is 6. The van der Waals surface area contributed by atoms with Gasteiger partial charge in [0.2, 0.25) is 15.0 Å². The highest BCUT2D eigenvalue weighted by Crippen LogP contribution is 2.31. The van der Waals surface area contributed by atoms with Gasteiger partial charge in [0.1, 0.15) is 11.3 Å². The van der Waals surface area contributed by atoms with Crippen molar-refractivity contribution in [3.05, 3.63) is 47.2 Å². The summed E-state index contributed by atoms with van der Waals surface area (Å²) in [5, 5.41) is 13.4. The van der Waals surface area contributed by atoms with E-state index in [4.69, 9.17) is 0 Å². The molecule has 0 bridgehead atoms. The Hall–Kier alpha value is -1.84. The maximum Gasteiger partial charge on any atom is 0.234 e. The van der Waals surface area contributed by atoms with E-state index >= 15 is 0 Å². The second kappa shape index (κ2) is 7.42. The first kappa shape index (κ1) is 17.6. The van der Waals surface area contributed by atoms with Crippen molar-refractivity contribution in [2.45, 2.75) is 31.6 Å². The second-order valence-electron chi connectivity index (χ2n) is 6.58. The molecule has 0 saturated carbocycles. The lowest BCUT2D eigenvalue weighted by atomic mass is 9.99. The molecule has 26 heavy (non-hydrogen) atoms. The molecule has 0 unspecified atom stereocenters. The van der Waals surface area contributed by atoms with E-state index in [1.807, 2.05) is 30.3 Å². The monoisotopic (exact) mass is 391 g/mol. The van der Waals surface area contributed by atoms with Crippen molar-refractivity contribution in [3.8, 4) is 0 Å². The lowest BCUT2D eigenvalue weighted by Gasteiger charge is -2.30. The third-order valence-corrected chi connectivity index (χ3v) is 7.84. The first-order chi connectivity index (χ1) is 12.6. The van der Waals surface area contributed by atoms with Gasteiger partial charge in [-0.2, -0.15) is 9.61 Å². The zero-order chi connectivity index (χ0) is 18.0. The van der Waals surface area contributed by atoms with E-state index in [9.17, 15) is 8.42 Å². The van der Waals surface area contributed by atoms with Crippen LogP contribution in [0.15, 0.2) is 36.7 Å². The van der Waals surface area contributed by atoms with Gasteiger partial charge in [0.25, 0.3) is 0 Å². The number of aromatic nitrogens is 4. The number of aryl methyl sites for hydroxylation is 1. The van der Waals surface area contributed by atoms with Gasteiger partial charge in [0.05, 0.1) is 5.75 Å². The van der Waals surface area contributed by atoms with Crippen molar-refractivity contribution >= 4 is 26.3 Å². The first-order valence-corrected chi connectivity index (χ1v) is 11.2. The van der Waals surface area contributed by atoms with Crippen LogP contribution in [0, 0.1) is 0 Å². The number of nitrogens with zero attached hydrogens (tertiary/aromatic N) is 5. The SMILES string of the molecule is O=S(=O)(CCCc1ccccc1)N1CCC(c2nn3cnnc3s2)CC1. The van der Waals surface area contributed by atoms with Crippen molar-refractivity contribution in [1.82, 2.24) is 24.1 Å². The fourth-order valence-corrected chi connectivity index (χ4v) is 5.88. The summed E-state index contributed by atoms with van der Waals surface area (Å²) in [7, 11) is -3.18. The molecule has 0 radical (unpaired) electrons. The molecule has 7 nitrogen and oxygen atoms in total. The van der Waals surface area contributed by atoms with E-state index in [0.29, 0.717) is 25.4 Å². The quantitative estimate of drug-likeness (QED) is 0.644. The minimum atomic E-state index is -3.18. The minimum absolute atomic E-state index is 0.212. The number of piperidine rings is 1. The van der Waals surface area contributed by atoms with Crippen molar-refractivity contribution in [2.24, 2.45) is 0 Å². The maximum absolute atomic E-state index is 12.6. The summed E-state index contributed by atoms with van der Waals surface area (Å²) in [4.78, 5) is 0.788. The highest BCUT2D eigenvalue weighted by atomic mass is 32.2. The van der Waals surface area contributed by atoms with E-state index < -0.39 is 10.0 Å². The smallest absolute Gasteiger partial charge is 0.212 e. The molecule has 1 fully saturated rings. The third-order valence-electron chi connectivity index (χ3n) is 4.81. The molecule has 0 amide bonds. The number of hydrogen-bond donors (Lipinski definition) is 0. The van der Waals surface area contributed by atoms with Crippen LogP contribution < -0.4 is 0 Å². The Labute approximate surface area is 156 Å². The number of sulfonamides is 1. The van der Waals surface area contributed by atoms with Crippen LogP contribution in [0.4, 0.5) is 0 Å². The van der Waals surface area contributed by atoms with E-state index in [1.54, 1.807) is 26.5 Å². The van der Waals surface area contributed by atoms with E-state index in [2.05, 4.69) is 15.3 Å². The predicted molar refractivity (Wildman–Crippen MR) is 101 cm³/mol. The molecule has 0 spiro atoms. The van der Waals surface area contributed by atoms with Crippen LogP contribution in [-0.4, -0.2) is 51.4 Å². The standard InChI is InChI=1S/C17H21N5O2S2/c23-26(24,12-4-7-14-5-2-1-3-6-14)21-10-8-15(9-11-21)16-20-22-13-18-19-17(22)25-16/h1-3,5-6,13,15H,4,7-12H2. The van der Waals surface area contributed by atoms with Crippen molar-refractivity contribution in [2.75, 3.05) is 18.8 Å². The normalized spacial score (nSPS) is 17.1. The highest BCUT2D eigenvalue weighted by Gasteiger charge is 2.30. The fraction of sp³-hybridized carbons (Fsp3) is 0.471. The summed E-state index contributed by atoms with van der Waals surface area (Å²) in [6, 6.07) is 10.0. The zero-order valence-electron chi connectivity index (χ0n) is 14.4. The van der Waals surface area contributed by atoms with Crippen LogP contribution in [0.25, 0.3) is 4.96 Å². The number of benzene rings is 1. The van der Waals surface area contributed by atoms with E-state index in [0.717, 1.165) is 29.2 Å². The molecule has 138 valence electrons. The summed E-state index contributed by atoms with van der Waals surface area (Å²) in [6.45, 7) is 1.14. The van der Waals surface area contributed by atoms with Gasteiger partial charge in [-0.25, -0.2) is 12.7 Å². The zero-order valence-corrected chi connectivity index (χ0v) is 16.0. The Morgan fingerprint density at radius 1 is 1.15 bits per heavy atom. The van der Waals surface area contributed by atoms with Gasteiger partial charge in [0, 0.05) is 19.0 Å². The Morgan fingerprint density at radius 2 is 1.92 bits per heavy atom. The number of hydrogen-bond acceptors (Lipinski definition) is 6. The van der Waals surface area contributed by atoms with Gasteiger partial charge in [-0.3, -0.25) is 0 Å². The lowest BCUT2D eigenvalue weighted by molar-refractivity contribution is 0.318. The van der Waals surface area contributed by atoms with Gasteiger partial charge >= 0.3 is 0 Å². The predicted octanol–water partition coefficient (Wildman–Crippen LogP) is 2.33. The van der Waals surface area contributed by atoms with Gasteiger partial charge in [-0.15, -0.1) is 10.2 Å². The van der Waals surface area contributed by atoms with Crippen LogP contribution in [-0.2, 0) is 16.4 Å². The summed E-state index contributed by atoms with van der Waals surface area (Å²) in [5.41, 5.74) is 1.18. The molecule has 3 heterocycles. The van der Waals surface area contributed by atoms with E-state index in [-0.39, 0.29) is 5.75 Å². The van der Waals surface area contributed by atoms with Crippen LogP contribution >= 0.6 is 11.3 Å². The van der Waals surface area contributed by atoms with Gasteiger partial charge in [-0.05, 0) is 31.2 Å². The fourth-order valence-electron chi connectivity index (χ4n) is 3.35. The Kier molecular flexibility index (Phi) is 5.01. The molecule has 0 aliphatic carbocycles. The summed E-state index contributed by atoms with van der Waals surface area (Å²) in [5.74, 6) is 0.515. The molecular formula is C17H21N5O2S2. The average Bonchev–Trinajstić information content (AvgIpc) is 3.25. The molecule has 2 aromatic heterocycles. The Morgan fingerprint density at radius 3 is 2.65 bits per heavy atom. The molecule has 1 saturated heterocycles. The molecule has 9 heteroatoms. The lowest BCUT2D eigenvalue weighted by Crippen LogP contribution is -2.39. The van der Waals surface area contributed by atoms with Crippen LogP contribution in [0.1, 0.15) is 35.8 Å². The molecule has 1 aliphatic heterocycles. The highest BCUT2D eigenvalue weighted by molar-refractivity contribution is 7.89. The molecule has 0 N–H and O–H groups in total. The van der Waals surface area contributed by atoms with E-state index in [1.165, 1.54) is 5.56 Å². The third kappa shape index (κ3) is 3.79. The van der Waals surface area contributed by atoms with Crippen molar-refractivity contribution in [1.29, 1.82) is 0 Å². The topological polar surface area (TPSA) is 80.5 Å². The molecule has 1 aliphatic rings. The largest absolute Gasteiger partial charge is 0.234 e. The molecule has 1 aromatic carbocycles.